The van der Waals surface area contributed by atoms with Gasteiger partial charge in [-0.05, 0) is 41.0 Å². The van der Waals surface area contributed by atoms with Crippen molar-refractivity contribution in [3.05, 3.63) is 59.7 Å². The van der Waals surface area contributed by atoms with E-state index in [9.17, 15) is 14.4 Å². The molecule has 2 aromatic carbocycles. The SMILES string of the molecule is CC(CCNC(=O)COCCNC(=O)OCC1c2ccccc2-c2ccccc21)CCC(=O)O. The van der Waals surface area contributed by atoms with E-state index in [-0.39, 0.29) is 50.5 Å². The third-order valence-corrected chi connectivity index (χ3v) is 5.90. The van der Waals surface area contributed by atoms with Crippen LogP contribution in [-0.4, -0.2) is 56.0 Å². The van der Waals surface area contributed by atoms with Gasteiger partial charge >= 0.3 is 12.1 Å². The zero-order valence-electron chi connectivity index (χ0n) is 19.4. The van der Waals surface area contributed by atoms with Crippen molar-refractivity contribution in [2.24, 2.45) is 5.92 Å². The molecule has 3 rings (SSSR count). The lowest BCUT2D eigenvalue weighted by Gasteiger charge is -2.14. The van der Waals surface area contributed by atoms with Crippen LogP contribution in [0.2, 0.25) is 0 Å². The summed E-state index contributed by atoms with van der Waals surface area (Å²) in [5, 5.41) is 14.1. The number of carbonyl (C=O) groups excluding carboxylic acids is 2. The Hall–Kier alpha value is -3.39. The van der Waals surface area contributed by atoms with Crippen molar-refractivity contribution < 1.29 is 29.0 Å². The van der Waals surface area contributed by atoms with Gasteiger partial charge in [-0.25, -0.2) is 4.79 Å². The van der Waals surface area contributed by atoms with Crippen molar-refractivity contribution in [3.8, 4) is 11.1 Å². The molecule has 0 fully saturated rings. The Labute approximate surface area is 199 Å². The van der Waals surface area contributed by atoms with E-state index in [4.69, 9.17) is 14.6 Å². The molecule has 1 aliphatic carbocycles. The van der Waals surface area contributed by atoms with Gasteiger partial charge in [0.25, 0.3) is 0 Å². The van der Waals surface area contributed by atoms with Crippen LogP contribution >= 0.6 is 0 Å². The molecule has 0 aromatic heterocycles. The van der Waals surface area contributed by atoms with Crippen LogP contribution < -0.4 is 10.6 Å². The van der Waals surface area contributed by atoms with Gasteiger partial charge in [-0.15, -0.1) is 0 Å². The summed E-state index contributed by atoms with van der Waals surface area (Å²) in [6.45, 7) is 2.99. The summed E-state index contributed by atoms with van der Waals surface area (Å²) in [7, 11) is 0. The van der Waals surface area contributed by atoms with Crippen LogP contribution in [-0.2, 0) is 19.1 Å². The maximum Gasteiger partial charge on any atom is 0.407 e. The molecule has 0 bridgehead atoms. The summed E-state index contributed by atoms with van der Waals surface area (Å²) in [6, 6.07) is 16.3. The second-order valence-corrected chi connectivity index (χ2v) is 8.48. The highest BCUT2D eigenvalue weighted by Gasteiger charge is 2.28. The van der Waals surface area contributed by atoms with Gasteiger partial charge in [0.1, 0.15) is 13.2 Å². The van der Waals surface area contributed by atoms with Crippen molar-refractivity contribution in [2.75, 3.05) is 32.9 Å². The number of carbonyl (C=O) groups is 3. The summed E-state index contributed by atoms with van der Waals surface area (Å²) in [5.74, 6) is -0.828. The van der Waals surface area contributed by atoms with Crippen molar-refractivity contribution in [2.45, 2.75) is 32.1 Å². The second kappa shape index (κ2) is 12.7. The zero-order chi connectivity index (χ0) is 24.3. The van der Waals surface area contributed by atoms with Gasteiger partial charge in [0.05, 0.1) is 6.61 Å². The summed E-state index contributed by atoms with van der Waals surface area (Å²) < 4.78 is 10.7. The van der Waals surface area contributed by atoms with Crippen LogP contribution in [0.4, 0.5) is 4.79 Å². The molecule has 1 atom stereocenters. The molecule has 34 heavy (non-hydrogen) atoms. The topological polar surface area (TPSA) is 114 Å². The number of ether oxygens (including phenoxy) is 2. The molecule has 0 heterocycles. The average molecular weight is 469 g/mol. The van der Waals surface area contributed by atoms with E-state index in [1.807, 2.05) is 31.2 Å². The van der Waals surface area contributed by atoms with E-state index in [0.29, 0.717) is 19.4 Å². The minimum Gasteiger partial charge on any atom is -0.481 e. The summed E-state index contributed by atoms with van der Waals surface area (Å²) >= 11 is 0. The molecule has 3 N–H and O–H groups in total. The lowest BCUT2D eigenvalue weighted by Crippen LogP contribution is -2.32. The number of nitrogens with one attached hydrogen (secondary N) is 2. The third kappa shape index (κ3) is 7.31. The monoisotopic (exact) mass is 468 g/mol. The molecule has 1 aliphatic rings. The Morgan fingerprint density at radius 1 is 0.941 bits per heavy atom. The minimum absolute atomic E-state index is 0.00458. The number of fused-ring (bicyclic) bond motifs is 3. The normalized spacial score (nSPS) is 13.0. The summed E-state index contributed by atoms with van der Waals surface area (Å²) in [5.41, 5.74) is 4.66. The lowest BCUT2D eigenvalue weighted by molar-refractivity contribution is -0.137. The van der Waals surface area contributed by atoms with Gasteiger partial charge in [0, 0.05) is 25.4 Å². The fourth-order valence-electron chi connectivity index (χ4n) is 4.06. The van der Waals surface area contributed by atoms with Crippen molar-refractivity contribution in [3.63, 3.8) is 0 Å². The highest BCUT2D eigenvalue weighted by atomic mass is 16.5. The molecule has 2 amide bonds. The van der Waals surface area contributed by atoms with Gasteiger partial charge < -0.3 is 25.2 Å². The molecule has 0 saturated heterocycles. The smallest absolute Gasteiger partial charge is 0.407 e. The Morgan fingerprint density at radius 3 is 2.24 bits per heavy atom. The van der Waals surface area contributed by atoms with E-state index in [1.165, 1.54) is 11.1 Å². The number of rotatable bonds is 13. The predicted octanol–water partition coefficient (Wildman–Crippen LogP) is 3.55. The van der Waals surface area contributed by atoms with E-state index in [0.717, 1.165) is 11.1 Å². The minimum atomic E-state index is -0.809. The van der Waals surface area contributed by atoms with Crippen LogP contribution in [0, 0.1) is 5.92 Å². The number of carboxylic acids is 1. The highest BCUT2D eigenvalue weighted by Crippen LogP contribution is 2.44. The predicted molar refractivity (Wildman–Crippen MR) is 128 cm³/mol. The first-order valence-electron chi connectivity index (χ1n) is 11.6. The number of alkyl carbamates (subject to hydrolysis) is 1. The molecule has 0 spiro atoms. The number of aliphatic carboxylic acids is 1. The maximum atomic E-state index is 12.1. The highest BCUT2D eigenvalue weighted by molar-refractivity contribution is 5.79. The first-order chi connectivity index (χ1) is 16.5. The van der Waals surface area contributed by atoms with Crippen LogP contribution in [0.15, 0.2) is 48.5 Å². The molecule has 1 unspecified atom stereocenters. The lowest BCUT2D eigenvalue weighted by atomic mass is 9.98. The van der Waals surface area contributed by atoms with Crippen LogP contribution in [0.25, 0.3) is 11.1 Å². The first kappa shape index (κ1) is 25.2. The van der Waals surface area contributed by atoms with Crippen LogP contribution in [0.1, 0.15) is 43.2 Å². The molecule has 182 valence electrons. The molecule has 0 radical (unpaired) electrons. The van der Waals surface area contributed by atoms with Crippen molar-refractivity contribution in [1.82, 2.24) is 10.6 Å². The maximum absolute atomic E-state index is 12.1. The Balaban J connectivity index is 1.28. The first-order valence-corrected chi connectivity index (χ1v) is 11.6. The summed E-state index contributed by atoms with van der Waals surface area (Å²) in [4.78, 5) is 34.5. The third-order valence-electron chi connectivity index (χ3n) is 5.90. The van der Waals surface area contributed by atoms with Crippen LogP contribution in [0.5, 0.6) is 0 Å². The molecule has 8 nitrogen and oxygen atoms in total. The van der Waals surface area contributed by atoms with E-state index in [1.54, 1.807) is 0 Å². The second-order valence-electron chi connectivity index (χ2n) is 8.48. The number of carboxylic acid groups (broad SMARTS) is 1. The van der Waals surface area contributed by atoms with Gasteiger partial charge in [-0.2, -0.15) is 0 Å². The molecular weight excluding hydrogens is 436 g/mol. The fraction of sp³-hybridized carbons (Fsp3) is 0.423. The van der Waals surface area contributed by atoms with Crippen molar-refractivity contribution in [1.29, 1.82) is 0 Å². The summed E-state index contributed by atoms with van der Waals surface area (Å²) in [6.07, 6.45) is 0.908. The largest absolute Gasteiger partial charge is 0.481 e. The fourth-order valence-corrected chi connectivity index (χ4v) is 4.06. The number of benzene rings is 2. The Morgan fingerprint density at radius 2 is 1.59 bits per heavy atom. The molecule has 0 saturated carbocycles. The van der Waals surface area contributed by atoms with E-state index in [2.05, 4.69) is 34.9 Å². The molecular formula is C26H32N2O6. The van der Waals surface area contributed by atoms with Gasteiger partial charge in [-0.1, -0.05) is 55.5 Å². The number of hydrogen-bond acceptors (Lipinski definition) is 5. The van der Waals surface area contributed by atoms with E-state index >= 15 is 0 Å². The van der Waals surface area contributed by atoms with Gasteiger partial charge in [0.2, 0.25) is 5.91 Å². The average Bonchev–Trinajstić information content (AvgIpc) is 3.15. The number of hydrogen-bond donors (Lipinski definition) is 3. The molecule has 0 aliphatic heterocycles. The quantitative estimate of drug-likeness (QED) is 0.388. The van der Waals surface area contributed by atoms with Gasteiger partial charge in [-0.3, -0.25) is 9.59 Å². The van der Waals surface area contributed by atoms with Gasteiger partial charge in [0.15, 0.2) is 0 Å². The standard InChI is InChI=1S/C26H32N2O6/c1-18(10-11-25(30)31)12-13-27-24(29)17-33-15-14-28-26(32)34-16-23-21-8-4-2-6-19(21)20-7-3-5-9-22(20)23/h2-9,18,23H,10-17H2,1H3,(H,27,29)(H,28,32)(H,30,31). The molecule has 2 aromatic rings. The molecule has 8 heteroatoms. The Bertz CT molecular complexity index is 947. The van der Waals surface area contributed by atoms with Crippen LogP contribution in [0.3, 0.4) is 0 Å². The van der Waals surface area contributed by atoms with Crippen molar-refractivity contribution >= 4 is 18.0 Å². The van der Waals surface area contributed by atoms with E-state index < -0.39 is 12.1 Å². The Kier molecular flexibility index (Phi) is 9.46. The number of amides is 2. The zero-order valence-corrected chi connectivity index (χ0v) is 19.4.